The van der Waals surface area contributed by atoms with Gasteiger partial charge in [-0.3, -0.25) is 4.99 Å². The first-order valence-corrected chi connectivity index (χ1v) is 12.2. The van der Waals surface area contributed by atoms with Crippen LogP contribution in [0.2, 0.25) is 0 Å². The Kier molecular flexibility index (Phi) is 10.4. The number of likely N-dealkylation sites (tertiary alicyclic amines) is 1. The SMILES string of the molecule is CC1CCN(C2CCC(NC(=NCC3CCOC3)NCCc3ccco3)CC2)CC1.I. The Morgan fingerprint density at radius 3 is 2.61 bits per heavy atom. The van der Waals surface area contributed by atoms with Gasteiger partial charge in [0.05, 0.1) is 12.9 Å². The van der Waals surface area contributed by atoms with Crippen LogP contribution in [0.4, 0.5) is 0 Å². The molecule has 2 saturated heterocycles. The molecule has 3 fully saturated rings. The lowest BCUT2D eigenvalue weighted by Crippen LogP contribution is -2.49. The van der Waals surface area contributed by atoms with E-state index >= 15 is 0 Å². The number of ether oxygens (including phenoxy) is 1. The van der Waals surface area contributed by atoms with Gasteiger partial charge >= 0.3 is 0 Å². The molecule has 2 N–H and O–H groups in total. The summed E-state index contributed by atoms with van der Waals surface area (Å²) in [6.45, 7) is 8.41. The number of rotatable bonds is 7. The number of piperidine rings is 1. The summed E-state index contributed by atoms with van der Waals surface area (Å²) < 4.78 is 11.0. The van der Waals surface area contributed by atoms with Crippen LogP contribution in [0, 0.1) is 11.8 Å². The molecule has 1 unspecified atom stereocenters. The predicted octanol–water partition coefficient (Wildman–Crippen LogP) is 4.05. The van der Waals surface area contributed by atoms with Crippen molar-refractivity contribution in [2.75, 3.05) is 39.4 Å². The summed E-state index contributed by atoms with van der Waals surface area (Å²) in [6.07, 6.45) is 11.6. The van der Waals surface area contributed by atoms with Gasteiger partial charge < -0.3 is 24.7 Å². The van der Waals surface area contributed by atoms with E-state index in [1.165, 1.54) is 51.6 Å². The van der Waals surface area contributed by atoms with Gasteiger partial charge in [-0.1, -0.05) is 6.92 Å². The topological polar surface area (TPSA) is 62.0 Å². The number of hydrogen-bond acceptors (Lipinski definition) is 4. The van der Waals surface area contributed by atoms with E-state index in [-0.39, 0.29) is 24.0 Å². The van der Waals surface area contributed by atoms with Gasteiger partial charge in [-0.2, -0.15) is 0 Å². The molecule has 3 aliphatic rings. The smallest absolute Gasteiger partial charge is 0.191 e. The van der Waals surface area contributed by atoms with Crippen molar-refractivity contribution in [3.63, 3.8) is 0 Å². The molecule has 3 heterocycles. The number of furan rings is 1. The van der Waals surface area contributed by atoms with Crippen LogP contribution in [0.25, 0.3) is 0 Å². The van der Waals surface area contributed by atoms with Gasteiger partial charge in [-0.15, -0.1) is 24.0 Å². The van der Waals surface area contributed by atoms with Crippen molar-refractivity contribution in [2.24, 2.45) is 16.8 Å². The maximum absolute atomic E-state index is 5.52. The molecule has 0 amide bonds. The third-order valence-corrected chi connectivity index (χ3v) is 7.15. The highest BCUT2D eigenvalue weighted by Crippen LogP contribution is 2.27. The zero-order chi connectivity index (χ0) is 20.6. The van der Waals surface area contributed by atoms with Crippen molar-refractivity contribution < 1.29 is 9.15 Å². The average molecular weight is 545 g/mol. The number of nitrogens with zero attached hydrogens (tertiary/aromatic N) is 2. The number of nitrogens with one attached hydrogen (secondary N) is 2. The molecule has 0 bridgehead atoms. The minimum absolute atomic E-state index is 0. The number of hydrogen-bond donors (Lipinski definition) is 2. The molecule has 2 aliphatic heterocycles. The highest BCUT2D eigenvalue weighted by Gasteiger charge is 2.28. The largest absolute Gasteiger partial charge is 0.469 e. The van der Waals surface area contributed by atoms with E-state index in [9.17, 15) is 0 Å². The van der Waals surface area contributed by atoms with E-state index in [2.05, 4.69) is 22.5 Å². The normalized spacial score (nSPS) is 28.3. The van der Waals surface area contributed by atoms with Gasteiger partial charge in [0.15, 0.2) is 5.96 Å². The van der Waals surface area contributed by atoms with Crippen LogP contribution in [0.5, 0.6) is 0 Å². The average Bonchev–Trinajstić information content (AvgIpc) is 3.47. The number of aliphatic imine (C=N–C) groups is 1. The first kappa shape index (κ1) is 24.8. The van der Waals surface area contributed by atoms with E-state index < -0.39 is 0 Å². The summed E-state index contributed by atoms with van der Waals surface area (Å²) in [5.74, 6) is 3.45. The van der Waals surface area contributed by atoms with Gasteiger partial charge in [-0.05, 0) is 76.1 Å². The van der Waals surface area contributed by atoms with Crippen molar-refractivity contribution in [3.8, 4) is 0 Å². The van der Waals surface area contributed by atoms with E-state index in [1.54, 1.807) is 6.26 Å². The quantitative estimate of drug-likeness (QED) is 0.308. The first-order valence-electron chi connectivity index (χ1n) is 12.2. The van der Waals surface area contributed by atoms with Crippen molar-refractivity contribution in [1.82, 2.24) is 15.5 Å². The molecule has 4 rings (SSSR count). The molecule has 0 radical (unpaired) electrons. The lowest BCUT2D eigenvalue weighted by atomic mass is 9.88. The second-order valence-electron chi connectivity index (χ2n) is 9.54. The van der Waals surface area contributed by atoms with Gasteiger partial charge in [0, 0.05) is 44.1 Å². The van der Waals surface area contributed by atoms with Crippen LogP contribution in [0.15, 0.2) is 27.8 Å². The zero-order valence-electron chi connectivity index (χ0n) is 19.1. The summed E-state index contributed by atoms with van der Waals surface area (Å²) in [5.41, 5.74) is 0. The third kappa shape index (κ3) is 7.93. The fraction of sp³-hybridized carbons (Fsp3) is 0.792. The molecule has 0 spiro atoms. The summed E-state index contributed by atoms with van der Waals surface area (Å²) in [4.78, 5) is 7.67. The van der Waals surface area contributed by atoms with Gasteiger partial charge in [0.1, 0.15) is 5.76 Å². The first-order chi connectivity index (χ1) is 14.8. The maximum atomic E-state index is 5.52. The van der Waals surface area contributed by atoms with Crippen molar-refractivity contribution >= 4 is 29.9 Å². The van der Waals surface area contributed by atoms with Crippen LogP contribution < -0.4 is 10.6 Å². The fourth-order valence-electron chi connectivity index (χ4n) is 5.03. The minimum Gasteiger partial charge on any atom is -0.469 e. The summed E-state index contributed by atoms with van der Waals surface area (Å²) in [6, 6.07) is 5.30. The zero-order valence-corrected chi connectivity index (χ0v) is 21.4. The molecule has 1 saturated carbocycles. The predicted molar refractivity (Wildman–Crippen MR) is 136 cm³/mol. The van der Waals surface area contributed by atoms with Crippen LogP contribution >= 0.6 is 24.0 Å². The summed E-state index contributed by atoms with van der Waals surface area (Å²) in [7, 11) is 0. The second-order valence-corrected chi connectivity index (χ2v) is 9.54. The van der Waals surface area contributed by atoms with Gasteiger partial charge in [0.2, 0.25) is 0 Å². The number of halogens is 1. The van der Waals surface area contributed by atoms with E-state index in [4.69, 9.17) is 14.1 Å². The van der Waals surface area contributed by atoms with Crippen molar-refractivity contribution in [3.05, 3.63) is 24.2 Å². The Balaban J connectivity index is 0.00000272. The Morgan fingerprint density at radius 1 is 1.13 bits per heavy atom. The molecule has 7 heteroatoms. The second kappa shape index (κ2) is 13.0. The lowest BCUT2D eigenvalue weighted by Gasteiger charge is -2.40. The summed E-state index contributed by atoms with van der Waals surface area (Å²) >= 11 is 0. The van der Waals surface area contributed by atoms with Crippen molar-refractivity contribution in [2.45, 2.75) is 70.4 Å². The van der Waals surface area contributed by atoms with Crippen LogP contribution in [0.3, 0.4) is 0 Å². The summed E-state index contributed by atoms with van der Waals surface area (Å²) in [5, 5.41) is 7.28. The molecule has 0 aromatic carbocycles. The van der Waals surface area contributed by atoms with Crippen LogP contribution in [-0.4, -0.2) is 62.3 Å². The fourth-order valence-corrected chi connectivity index (χ4v) is 5.03. The standard InChI is InChI=1S/C24H40N4O2.HI/c1-19-9-13-28(14-10-19)22-6-4-21(5-7-22)27-24(26-17-20-11-16-29-18-20)25-12-8-23-3-2-15-30-23;/h2-3,15,19-22H,4-14,16-18H2,1H3,(H2,25,26,27);1H. The lowest BCUT2D eigenvalue weighted by molar-refractivity contribution is 0.105. The molecular weight excluding hydrogens is 503 g/mol. The number of guanidine groups is 1. The van der Waals surface area contributed by atoms with Gasteiger partial charge in [0.25, 0.3) is 0 Å². The maximum Gasteiger partial charge on any atom is 0.191 e. The molecule has 31 heavy (non-hydrogen) atoms. The highest BCUT2D eigenvalue weighted by molar-refractivity contribution is 14.0. The highest BCUT2D eigenvalue weighted by atomic mass is 127. The molecule has 1 aliphatic carbocycles. The monoisotopic (exact) mass is 544 g/mol. The van der Waals surface area contributed by atoms with Crippen LogP contribution in [-0.2, 0) is 11.2 Å². The third-order valence-electron chi connectivity index (χ3n) is 7.15. The Labute approximate surface area is 205 Å². The molecule has 1 atom stereocenters. The van der Waals surface area contributed by atoms with Crippen LogP contribution in [0.1, 0.15) is 57.6 Å². The van der Waals surface area contributed by atoms with E-state index in [1.807, 2.05) is 12.1 Å². The molecular formula is C24H41IN4O2. The molecule has 1 aromatic heterocycles. The Hall–Kier alpha value is -0.800. The molecule has 6 nitrogen and oxygen atoms in total. The Bertz CT molecular complexity index is 632. The molecule has 176 valence electrons. The Morgan fingerprint density at radius 2 is 1.94 bits per heavy atom. The molecule has 1 aromatic rings. The van der Waals surface area contributed by atoms with Gasteiger partial charge in [-0.25, -0.2) is 0 Å². The van der Waals surface area contributed by atoms with Crippen molar-refractivity contribution in [1.29, 1.82) is 0 Å². The van der Waals surface area contributed by atoms with E-state index in [0.29, 0.717) is 12.0 Å². The minimum atomic E-state index is 0. The van der Waals surface area contributed by atoms with E-state index in [0.717, 1.165) is 62.8 Å².